The number of rotatable bonds is 3. The van der Waals surface area contributed by atoms with Gasteiger partial charge in [-0.1, -0.05) is 54.6 Å². The number of benzene rings is 4. The number of hydrogen-bond acceptors (Lipinski definition) is 2. The highest BCUT2D eigenvalue weighted by Gasteiger charge is 2.17. The predicted octanol–water partition coefficient (Wildman–Crippen LogP) is 5.32. The molecule has 0 aliphatic carbocycles. The van der Waals surface area contributed by atoms with E-state index < -0.39 is 0 Å². The van der Waals surface area contributed by atoms with Crippen LogP contribution in [0.15, 0.2) is 84.9 Å². The minimum atomic E-state index is 1.03. The quantitative estimate of drug-likeness (QED) is 0.461. The Kier molecular flexibility index (Phi) is 4.27. The molecule has 0 bridgehead atoms. The van der Waals surface area contributed by atoms with Crippen molar-refractivity contribution >= 4 is 27.2 Å². The van der Waals surface area contributed by atoms with Crippen molar-refractivity contribution in [2.45, 2.75) is 6.54 Å². The summed E-state index contributed by atoms with van der Waals surface area (Å²) in [7, 11) is 0. The van der Waals surface area contributed by atoms with Crippen LogP contribution in [0.2, 0.25) is 0 Å². The van der Waals surface area contributed by atoms with Crippen LogP contribution in [0.5, 0.6) is 0 Å². The third-order valence-electron chi connectivity index (χ3n) is 5.67. The third-order valence-corrected chi connectivity index (χ3v) is 5.67. The largest absolute Gasteiger partial charge is 0.369 e. The Hall–Kier alpha value is -2.84. The molecule has 4 aromatic carbocycles. The Morgan fingerprint density at radius 2 is 1.19 bits per heavy atom. The van der Waals surface area contributed by atoms with E-state index in [1.807, 2.05) is 0 Å². The molecule has 1 aliphatic rings. The first-order valence-corrected chi connectivity index (χ1v) is 9.79. The summed E-state index contributed by atoms with van der Waals surface area (Å²) in [6, 6.07) is 30.9. The van der Waals surface area contributed by atoms with Crippen LogP contribution in [0.25, 0.3) is 21.5 Å². The fourth-order valence-corrected chi connectivity index (χ4v) is 4.15. The summed E-state index contributed by atoms with van der Waals surface area (Å²) in [6.45, 7) is 5.46. The smallest absolute Gasteiger partial charge is 0.0367 e. The number of anilines is 1. The second-order valence-corrected chi connectivity index (χ2v) is 7.48. The number of fused-ring (bicyclic) bond motifs is 2. The van der Waals surface area contributed by atoms with Crippen molar-refractivity contribution < 1.29 is 0 Å². The zero-order valence-electron chi connectivity index (χ0n) is 15.5. The van der Waals surface area contributed by atoms with Crippen molar-refractivity contribution in [3.63, 3.8) is 0 Å². The van der Waals surface area contributed by atoms with Gasteiger partial charge in [0.05, 0.1) is 0 Å². The van der Waals surface area contributed by atoms with Gasteiger partial charge in [-0.25, -0.2) is 0 Å². The molecule has 0 aromatic heterocycles. The van der Waals surface area contributed by atoms with Crippen LogP contribution in [0.3, 0.4) is 0 Å². The first-order valence-electron chi connectivity index (χ1n) is 9.79. The molecular formula is C25H24N2. The lowest BCUT2D eigenvalue weighted by molar-refractivity contribution is 0.250. The molecule has 0 saturated carbocycles. The minimum absolute atomic E-state index is 1.03. The summed E-state index contributed by atoms with van der Waals surface area (Å²) in [6.07, 6.45) is 0. The Balaban J connectivity index is 1.31. The molecule has 1 fully saturated rings. The summed E-state index contributed by atoms with van der Waals surface area (Å²) in [5, 5.41) is 5.30. The molecule has 4 aromatic rings. The van der Waals surface area contributed by atoms with Crippen LogP contribution < -0.4 is 4.90 Å². The second-order valence-electron chi connectivity index (χ2n) is 7.48. The van der Waals surface area contributed by atoms with E-state index in [9.17, 15) is 0 Å². The molecule has 0 spiro atoms. The van der Waals surface area contributed by atoms with Crippen LogP contribution in [0.4, 0.5) is 5.69 Å². The lowest BCUT2D eigenvalue weighted by Crippen LogP contribution is -2.45. The molecule has 0 unspecified atom stereocenters. The minimum Gasteiger partial charge on any atom is -0.369 e. The van der Waals surface area contributed by atoms with E-state index in [0.29, 0.717) is 0 Å². The van der Waals surface area contributed by atoms with Crippen molar-refractivity contribution in [3.05, 3.63) is 90.5 Å². The molecule has 27 heavy (non-hydrogen) atoms. The van der Waals surface area contributed by atoms with Gasteiger partial charge in [-0.3, -0.25) is 4.90 Å². The Bertz CT molecular complexity index is 1060. The molecular weight excluding hydrogens is 328 g/mol. The molecule has 1 saturated heterocycles. The van der Waals surface area contributed by atoms with Crippen molar-refractivity contribution in [2.75, 3.05) is 31.1 Å². The Morgan fingerprint density at radius 3 is 1.93 bits per heavy atom. The SMILES string of the molecule is c1ccc(N2CCN(Cc3ccc4cc5ccccc5cc4c3)CC2)cc1. The van der Waals surface area contributed by atoms with Gasteiger partial charge >= 0.3 is 0 Å². The molecule has 5 rings (SSSR count). The maximum absolute atomic E-state index is 2.57. The van der Waals surface area contributed by atoms with Crippen molar-refractivity contribution in [3.8, 4) is 0 Å². The van der Waals surface area contributed by atoms with Crippen molar-refractivity contribution in [1.29, 1.82) is 0 Å². The maximum Gasteiger partial charge on any atom is 0.0367 e. The van der Waals surface area contributed by atoms with Gasteiger partial charge in [-0.2, -0.15) is 0 Å². The molecule has 1 aliphatic heterocycles. The van der Waals surface area contributed by atoms with Gasteiger partial charge in [0.25, 0.3) is 0 Å². The zero-order chi connectivity index (χ0) is 18.1. The number of hydrogen-bond donors (Lipinski definition) is 0. The number of piperazine rings is 1. The van der Waals surface area contributed by atoms with E-state index in [4.69, 9.17) is 0 Å². The first-order chi connectivity index (χ1) is 13.3. The number of para-hydroxylation sites is 1. The van der Waals surface area contributed by atoms with Gasteiger partial charge in [-0.05, 0) is 57.4 Å². The molecule has 0 radical (unpaired) electrons. The maximum atomic E-state index is 2.57. The molecule has 0 N–H and O–H groups in total. The fraction of sp³-hybridized carbons (Fsp3) is 0.200. The highest BCUT2D eigenvalue weighted by molar-refractivity contribution is 5.98. The summed E-state index contributed by atoms with van der Waals surface area (Å²) in [5.74, 6) is 0. The second kappa shape index (κ2) is 7.05. The highest BCUT2D eigenvalue weighted by atomic mass is 15.3. The van der Waals surface area contributed by atoms with Crippen LogP contribution >= 0.6 is 0 Å². The van der Waals surface area contributed by atoms with Crippen LogP contribution in [-0.2, 0) is 6.54 Å². The van der Waals surface area contributed by atoms with E-state index >= 15 is 0 Å². The molecule has 0 amide bonds. The standard InChI is InChI=1S/C25H24N2/c1-2-8-25(9-3-1)27-14-12-26(13-15-27)19-20-10-11-23-17-21-6-4-5-7-22(21)18-24(23)16-20/h1-11,16-18H,12-15,19H2. The lowest BCUT2D eigenvalue weighted by Gasteiger charge is -2.36. The molecule has 1 heterocycles. The monoisotopic (exact) mass is 352 g/mol. The lowest BCUT2D eigenvalue weighted by atomic mass is 10.0. The average molecular weight is 352 g/mol. The molecule has 2 nitrogen and oxygen atoms in total. The van der Waals surface area contributed by atoms with Gasteiger partial charge in [0.15, 0.2) is 0 Å². The van der Waals surface area contributed by atoms with Gasteiger partial charge in [0.2, 0.25) is 0 Å². The zero-order valence-corrected chi connectivity index (χ0v) is 15.5. The predicted molar refractivity (Wildman–Crippen MR) is 115 cm³/mol. The summed E-state index contributed by atoms with van der Waals surface area (Å²) in [5.41, 5.74) is 2.75. The van der Waals surface area contributed by atoms with E-state index in [1.165, 1.54) is 32.8 Å². The summed E-state index contributed by atoms with van der Waals surface area (Å²) < 4.78 is 0. The van der Waals surface area contributed by atoms with Crippen molar-refractivity contribution in [2.24, 2.45) is 0 Å². The summed E-state index contributed by atoms with van der Waals surface area (Å²) >= 11 is 0. The molecule has 134 valence electrons. The van der Waals surface area contributed by atoms with Gasteiger partial charge in [0.1, 0.15) is 0 Å². The normalized spacial score (nSPS) is 15.5. The van der Waals surface area contributed by atoms with E-state index in [-0.39, 0.29) is 0 Å². The van der Waals surface area contributed by atoms with Crippen LogP contribution in [0, 0.1) is 0 Å². The van der Waals surface area contributed by atoms with E-state index in [1.54, 1.807) is 0 Å². The van der Waals surface area contributed by atoms with Gasteiger partial charge < -0.3 is 4.90 Å². The van der Waals surface area contributed by atoms with Crippen LogP contribution in [-0.4, -0.2) is 31.1 Å². The number of nitrogens with zero attached hydrogens (tertiary/aromatic N) is 2. The average Bonchev–Trinajstić information content (AvgIpc) is 2.73. The topological polar surface area (TPSA) is 6.48 Å². The van der Waals surface area contributed by atoms with Gasteiger partial charge in [0, 0.05) is 38.4 Å². The highest BCUT2D eigenvalue weighted by Crippen LogP contribution is 2.24. The third kappa shape index (κ3) is 3.41. The molecule has 0 atom stereocenters. The first kappa shape index (κ1) is 16.3. The van der Waals surface area contributed by atoms with E-state index in [2.05, 4.69) is 94.7 Å². The fourth-order valence-electron chi connectivity index (χ4n) is 4.15. The Morgan fingerprint density at radius 1 is 0.556 bits per heavy atom. The Labute approximate surface area is 160 Å². The summed E-state index contributed by atoms with van der Waals surface area (Å²) in [4.78, 5) is 5.06. The van der Waals surface area contributed by atoms with Crippen molar-refractivity contribution in [1.82, 2.24) is 4.90 Å². The van der Waals surface area contributed by atoms with E-state index in [0.717, 1.165) is 32.7 Å². The van der Waals surface area contributed by atoms with Gasteiger partial charge in [-0.15, -0.1) is 0 Å². The van der Waals surface area contributed by atoms with Crippen LogP contribution in [0.1, 0.15) is 5.56 Å². The molecule has 2 heteroatoms.